The summed E-state index contributed by atoms with van der Waals surface area (Å²) in [6.45, 7) is 4.88. The number of anilines is 1. The zero-order valence-corrected chi connectivity index (χ0v) is 12.6. The maximum absolute atomic E-state index is 11.4. The molecule has 0 unspecified atom stereocenters. The SMILES string of the molecule is COC(=O)c1ccc([N+](=O)[O-])c(NCCCCC(C)C)n1. The molecule has 0 aliphatic carbocycles. The third kappa shape index (κ3) is 5.37. The number of unbranched alkanes of at least 4 members (excludes halogenated alkanes) is 1. The number of nitrogens with zero attached hydrogens (tertiary/aromatic N) is 2. The van der Waals surface area contributed by atoms with Crippen LogP contribution in [-0.2, 0) is 4.74 Å². The number of nitro groups is 1. The summed E-state index contributed by atoms with van der Waals surface area (Å²) >= 11 is 0. The number of carbonyl (C=O) groups is 1. The molecule has 0 bridgehead atoms. The summed E-state index contributed by atoms with van der Waals surface area (Å²) in [5, 5.41) is 13.9. The smallest absolute Gasteiger partial charge is 0.356 e. The summed E-state index contributed by atoms with van der Waals surface area (Å²) < 4.78 is 4.56. The van der Waals surface area contributed by atoms with Crippen molar-refractivity contribution < 1.29 is 14.5 Å². The molecule has 1 heterocycles. The first kappa shape index (κ1) is 16.9. The van der Waals surface area contributed by atoms with Crippen molar-refractivity contribution in [3.05, 3.63) is 27.9 Å². The fourth-order valence-electron chi connectivity index (χ4n) is 1.83. The molecule has 1 rings (SSSR count). The number of pyridine rings is 1. The highest BCUT2D eigenvalue weighted by atomic mass is 16.6. The summed E-state index contributed by atoms with van der Waals surface area (Å²) in [5.41, 5.74) is -0.0979. The normalized spacial score (nSPS) is 10.5. The summed E-state index contributed by atoms with van der Waals surface area (Å²) in [7, 11) is 1.24. The predicted molar refractivity (Wildman–Crippen MR) is 79.4 cm³/mol. The van der Waals surface area contributed by atoms with E-state index in [4.69, 9.17) is 0 Å². The van der Waals surface area contributed by atoms with E-state index in [1.54, 1.807) is 0 Å². The molecule has 0 atom stereocenters. The summed E-state index contributed by atoms with van der Waals surface area (Å²) in [4.78, 5) is 25.8. The highest BCUT2D eigenvalue weighted by Gasteiger charge is 2.18. The molecule has 0 radical (unpaired) electrons. The van der Waals surface area contributed by atoms with Gasteiger partial charge in [0, 0.05) is 12.6 Å². The zero-order valence-electron chi connectivity index (χ0n) is 12.6. The molecule has 7 heteroatoms. The molecule has 0 spiro atoms. The Kier molecular flexibility index (Phi) is 6.58. The molecule has 0 aliphatic rings. The van der Waals surface area contributed by atoms with Crippen molar-refractivity contribution in [1.29, 1.82) is 0 Å². The molecule has 0 amide bonds. The summed E-state index contributed by atoms with van der Waals surface area (Å²) in [6.07, 6.45) is 3.04. The van der Waals surface area contributed by atoms with Crippen LogP contribution in [0.3, 0.4) is 0 Å². The van der Waals surface area contributed by atoms with Crippen LogP contribution in [0, 0.1) is 16.0 Å². The molecule has 21 heavy (non-hydrogen) atoms. The number of esters is 1. The van der Waals surface area contributed by atoms with Gasteiger partial charge in [0.2, 0.25) is 5.82 Å². The topological polar surface area (TPSA) is 94.4 Å². The molecule has 0 saturated heterocycles. The number of methoxy groups -OCH3 is 1. The Morgan fingerprint density at radius 2 is 2.14 bits per heavy atom. The number of carbonyl (C=O) groups excluding carboxylic acids is 1. The van der Waals surface area contributed by atoms with Crippen molar-refractivity contribution in [2.45, 2.75) is 33.1 Å². The van der Waals surface area contributed by atoms with E-state index >= 15 is 0 Å². The standard InChI is InChI=1S/C14H21N3O4/c1-10(2)6-4-5-9-15-13-12(17(19)20)8-7-11(16-13)14(18)21-3/h7-8,10H,4-6,9H2,1-3H3,(H,15,16). The maximum Gasteiger partial charge on any atom is 0.356 e. The molecule has 1 aromatic heterocycles. The van der Waals surface area contributed by atoms with Crippen LogP contribution in [0.5, 0.6) is 0 Å². The van der Waals surface area contributed by atoms with Crippen molar-refractivity contribution in [2.75, 3.05) is 19.0 Å². The number of hydrogen-bond donors (Lipinski definition) is 1. The molecule has 0 aromatic carbocycles. The Morgan fingerprint density at radius 3 is 2.71 bits per heavy atom. The van der Waals surface area contributed by atoms with Gasteiger partial charge < -0.3 is 10.1 Å². The maximum atomic E-state index is 11.4. The first-order valence-corrected chi connectivity index (χ1v) is 6.93. The van der Waals surface area contributed by atoms with Crippen molar-refractivity contribution in [3.63, 3.8) is 0 Å². The van der Waals surface area contributed by atoms with Crippen LogP contribution in [0.4, 0.5) is 11.5 Å². The van der Waals surface area contributed by atoms with E-state index in [2.05, 4.69) is 28.9 Å². The van der Waals surface area contributed by atoms with Gasteiger partial charge in [0.25, 0.3) is 0 Å². The van der Waals surface area contributed by atoms with E-state index in [0.29, 0.717) is 12.5 Å². The Labute approximate surface area is 123 Å². The Bertz CT molecular complexity index is 503. The van der Waals surface area contributed by atoms with Gasteiger partial charge in [-0.3, -0.25) is 10.1 Å². The average Bonchev–Trinajstić information content (AvgIpc) is 2.45. The van der Waals surface area contributed by atoms with E-state index in [-0.39, 0.29) is 17.2 Å². The Hall–Kier alpha value is -2.18. The number of rotatable bonds is 8. The molecular weight excluding hydrogens is 274 g/mol. The van der Waals surface area contributed by atoms with Crippen LogP contribution >= 0.6 is 0 Å². The Morgan fingerprint density at radius 1 is 1.43 bits per heavy atom. The van der Waals surface area contributed by atoms with Gasteiger partial charge in [-0.05, 0) is 18.4 Å². The van der Waals surface area contributed by atoms with Crippen LogP contribution < -0.4 is 5.32 Å². The van der Waals surface area contributed by atoms with Gasteiger partial charge in [0.15, 0.2) is 5.69 Å². The van der Waals surface area contributed by atoms with Gasteiger partial charge >= 0.3 is 11.7 Å². The second-order valence-electron chi connectivity index (χ2n) is 5.13. The van der Waals surface area contributed by atoms with Crippen molar-refractivity contribution in [3.8, 4) is 0 Å². The molecule has 1 aromatic rings. The molecule has 0 saturated carbocycles. The fourth-order valence-corrected chi connectivity index (χ4v) is 1.83. The van der Waals surface area contributed by atoms with Crippen molar-refractivity contribution in [2.24, 2.45) is 5.92 Å². The molecule has 0 fully saturated rings. The second kappa shape index (κ2) is 8.18. The lowest BCUT2D eigenvalue weighted by molar-refractivity contribution is -0.384. The number of ether oxygens (including phenoxy) is 1. The second-order valence-corrected chi connectivity index (χ2v) is 5.13. The third-order valence-corrected chi connectivity index (χ3v) is 2.97. The summed E-state index contributed by atoms with van der Waals surface area (Å²) in [5.74, 6) is 0.125. The number of nitrogens with one attached hydrogen (secondary N) is 1. The molecule has 7 nitrogen and oxygen atoms in total. The van der Waals surface area contributed by atoms with Gasteiger partial charge in [-0.1, -0.05) is 26.7 Å². The van der Waals surface area contributed by atoms with E-state index in [1.807, 2.05) is 0 Å². The van der Waals surface area contributed by atoms with E-state index in [9.17, 15) is 14.9 Å². The van der Waals surface area contributed by atoms with Crippen LogP contribution in [0.2, 0.25) is 0 Å². The molecule has 0 aliphatic heterocycles. The van der Waals surface area contributed by atoms with Crippen LogP contribution in [0.15, 0.2) is 12.1 Å². The molecular formula is C14H21N3O4. The number of hydrogen-bond acceptors (Lipinski definition) is 6. The van der Waals surface area contributed by atoms with Crippen LogP contribution in [0.25, 0.3) is 0 Å². The zero-order chi connectivity index (χ0) is 15.8. The minimum atomic E-state index is -0.618. The van der Waals surface area contributed by atoms with Gasteiger partial charge in [-0.25, -0.2) is 9.78 Å². The third-order valence-electron chi connectivity index (χ3n) is 2.97. The number of aromatic nitrogens is 1. The lowest BCUT2D eigenvalue weighted by atomic mass is 10.1. The fraction of sp³-hybridized carbons (Fsp3) is 0.571. The van der Waals surface area contributed by atoms with E-state index in [0.717, 1.165) is 19.3 Å². The van der Waals surface area contributed by atoms with Gasteiger partial charge in [0.05, 0.1) is 12.0 Å². The first-order valence-electron chi connectivity index (χ1n) is 6.93. The predicted octanol–water partition coefficient (Wildman–Crippen LogP) is 3.01. The largest absolute Gasteiger partial charge is 0.464 e. The van der Waals surface area contributed by atoms with Gasteiger partial charge in [0.1, 0.15) is 0 Å². The van der Waals surface area contributed by atoms with E-state index < -0.39 is 10.9 Å². The first-order chi connectivity index (χ1) is 9.95. The minimum Gasteiger partial charge on any atom is -0.464 e. The molecule has 116 valence electrons. The van der Waals surface area contributed by atoms with Gasteiger partial charge in [-0.2, -0.15) is 0 Å². The minimum absolute atomic E-state index is 0.0489. The lowest BCUT2D eigenvalue weighted by Gasteiger charge is -2.08. The lowest BCUT2D eigenvalue weighted by Crippen LogP contribution is -2.11. The summed E-state index contributed by atoms with van der Waals surface area (Å²) in [6, 6.07) is 2.55. The van der Waals surface area contributed by atoms with Crippen molar-refractivity contribution >= 4 is 17.5 Å². The van der Waals surface area contributed by atoms with Crippen LogP contribution in [-0.4, -0.2) is 29.5 Å². The van der Waals surface area contributed by atoms with Crippen LogP contribution in [0.1, 0.15) is 43.6 Å². The highest BCUT2D eigenvalue weighted by Crippen LogP contribution is 2.22. The van der Waals surface area contributed by atoms with Crippen molar-refractivity contribution in [1.82, 2.24) is 4.98 Å². The highest BCUT2D eigenvalue weighted by molar-refractivity contribution is 5.88. The quantitative estimate of drug-likeness (QED) is 0.343. The Balaban J connectivity index is 2.72. The molecule has 1 N–H and O–H groups in total. The average molecular weight is 295 g/mol. The van der Waals surface area contributed by atoms with E-state index in [1.165, 1.54) is 19.2 Å². The van der Waals surface area contributed by atoms with Gasteiger partial charge in [-0.15, -0.1) is 0 Å². The monoisotopic (exact) mass is 295 g/mol.